The first-order valence-electron chi connectivity index (χ1n) is 10.0. The monoisotopic (exact) mass is 334 g/mol. The Kier molecular flexibility index (Phi) is 4.50. The number of hydrogen-bond donors (Lipinski definition) is 2. The van der Waals surface area contributed by atoms with E-state index in [1.165, 1.54) is 45.2 Å². The van der Waals surface area contributed by atoms with Crippen molar-refractivity contribution in [3.8, 4) is 0 Å². The minimum atomic E-state index is 0.201. The molecule has 4 fully saturated rings. The van der Waals surface area contributed by atoms with Gasteiger partial charge >= 0.3 is 0 Å². The fourth-order valence-electron chi connectivity index (χ4n) is 5.10. The molecule has 2 aliphatic carbocycles. The zero-order valence-corrected chi connectivity index (χ0v) is 15.6. The molecular formula is C19H34N4O. The Hall–Kier alpha value is -0.810. The number of likely N-dealkylation sites (tertiary alicyclic amines) is 1. The van der Waals surface area contributed by atoms with Crippen LogP contribution in [0.5, 0.6) is 0 Å². The quantitative estimate of drug-likeness (QED) is 0.610. The van der Waals surface area contributed by atoms with Crippen molar-refractivity contribution in [1.82, 2.24) is 15.5 Å². The lowest BCUT2D eigenvalue weighted by molar-refractivity contribution is -0.106. The van der Waals surface area contributed by atoms with Gasteiger partial charge in [-0.1, -0.05) is 13.8 Å². The summed E-state index contributed by atoms with van der Waals surface area (Å²) in [7, 11) is 0. The maximum Gasteiger partial charge on any atom is 0.191 e. The Balaban J connectivity index is 1.32. The van der Waals surface area contributed by atoms with E-state index in [0.717, 1.165) is 25.2 Å². The highest BCUT2D eigenvalue weighted by molar-refractivity contribution is 5.80. The fraction of sp³-hybridized carbons (Fsp3) is 0.947. The molecule has 5 heteroatoms. The molecule has 2 heterocycles. The lowest BCUT2D eigenvalue weighted by Crippen LogP contribution is -2.68. The van der Waals surface area contributed by atoms with E-state index >= 15 is 0 Å². The van der Waals surface area contributed by atoms with Crippen molar-refractivity contribution < 1.29 is 4.74 Å². The van der Waals surface area contributed by atoms with Crippen molar-refractivity contribution in [3.05, 3.63) is 0 Å². The highest BCUT2D eigenvalue weighted by Crippen LogP contribution is 2.52. The molecular weight excluding hydrogens is 300 g/mol. The molecule has 3 atom stereocenters. The predicted molar refractivity (Wildman–Crippen MR) is 97.3 cm³/mol. The molecule has 0 aromatic carbocycles. The maximum atomic E-state index is 5.92. The van der Waals surface area contributed by atoms with Crippen LogP contribution in [-0.4, -0.2) is 61.3 Å². The second kappa shape index (κ2) is 6.49. The van der Waals surface area contributed by atoms with Crippen LogP contribution in [0, 0.1) is 11.3 Å². The number of fused-ring (bicyclic) bond motifs is 1. The molecule has 0 radical (unpaired) electrons. The van der Waals surface area contributed by atoms with E-state index in [1.807, 2.05) is 0 Å². The van der Waals surface area contributed by atoms with Crippen LogP contribution in [0.25, 0.3) is 0 Å². The summed E-state index contributed by atoms with van der Waals surface area (Å²) < 4.78 is 5.92. The third-order valence-electron chi connectivity index (χ3n) is 6.64. The third-order valence-corrected chi connectivity index (χ3v) is 6.64. The highest BCUT2D eigenvalue weighted by Gasteiger charge is 2.59. The lowest BCUT2D eigenvalue weighted by atomic mass is 9.57. The van der Waals surface area contributed by atoms with Crippen LogP contribution in [0.3, 0.4) is 0 Å². The summed E-state index contributed by atoms with van der Waals surface area (Å²) in [6.45, 7) is 11.0. The number of nitrogens with one attached hydrogen (secondary N) is 2. The van der Waals surface area contributed by atoms with Gasteiger partial charge in [0.25, 0.3) is 0 Å². The Bertz CT molecular complexity index is 480. The zero-order chi connectivity index (χ0) is 16.7. The van der Waals surface area contributed by atoms with E-state index in [9.17, 15) is 0 Å². The van der Waals surface area contributed by atoms with E-state index in [4.69, 9.17) is 9.73 Å². The van der Waals surface area contributed by atoms with Gasteiger partial charge in [0, 0.05) is 55.7 Å². The van der Waals surface area contributed by atoms with Crippen molar-refractivity contribution in [2.45, 2.75) is 77.1 Å². The summed E-state index contributed by atoms with van der Waals surface area (Å²) in [4.78, 5) is 7.40. The fourth-order valence-corrected chi connectivity index (χ4v) is 5.10. The molecule has 2 saturated carbocycles. The van der Waals surface area contributed by atoms with Gasteiger partial charge in [-0.05, 0) is 39.0 Å². The molecule has 0 aromatic rings. The van der Waals surface area contributed by atoms with Gasteiger partial charge in [0.1, 0.15) is 0 Å². The van der Waals surface area contributed by atoms with Gasteiger partial charge in [-0.25, -0.2) is 0 Å². The zero-order valence-electron chi connectivity index (χ0n) is 15.6. The lowest BCUT2D eigenvalue weighted by Gasteiger charge is -2.55. The first-order valence-corrected chi connectivity index (χ1v) is 10.0. The summed E-state index contributed by atoms with van der Waals surface area (Å²) in [5.41, 5.74) is 0.201. The molecule has 3 unspecified atom stereocenters. The van der Waals surface area contributed by atoms with Crippen molar-refractivity contribution in [2.75, 3.05) is 26.2 Å². The van der Waals surface area contributed by atoms with Crippen LogP contribution in [-0.2, 0) is 4.74 Å². The number of guanidine groups is 1. The predicted octanol–water partition coefficient (Wildman–Crippen LogP) is 1.98. The van der Waals surface area contributed by atoms with Gasteiger partial charge in [0.05, 0.1) is 6.10 Å². The molecule has 0 spiro atoms. The summed E-state index contributed by atoms with van der Waals surface area (Å²) in [6, 6.07) is 1.95. The molecule has 24 heavy (non-hydrogen) atoms. The molecule has 5 nitrogen and oxygen atoms in total. The molecule has 0 amide bonds. The average Bonchev–Trinajstić information content (AvgIpc) is 3.31. The van der Waals surface area contributed by atoms with Gasteiger partial charge < -0.3 is 20.3 Å². The molecule has 2 N–H and O–H groups in total. The molecule has 2 saturated heterocycles. The number of ether oxygens (including phenoxy) is 1. The van der Waals surface area contributed by atoms with Crippen molar-refractivity contribution in [2.24, 2.45) is 16.3 Å². The first kappa shape index (κ1) is 16.6. The smallest absolute Gasteiger partial charge is 0.191 e. The van der Waals surface area contributed by atoms with Crippen LogP contribution in [0.2, 0.25) is 0 Å². The van der Waals surface area contributed by atoms with Gasteiger partial charge in [-0.15, -0.1) is 0 Å². The molecule has 0 aromatic heterocycles. The number of hydrogen-bond acceptors (Lipinski definition) is 3. The van der Waals surface area contributed by atoms with Crippen LogP contribution in [0.4, 0.5) is 0 Å². The number of piperidine rings is 1. The average molecular weight is 335 g/mol. The third kappa shape index (κ3) is 3.05. The van der Waals surface area contributed by atoms with Crippen LogP contribution in [0.1, 0.15) is 52.9 Å². The van der Waals surface area contributed by atoms with Crippen molar-refractivity contribution in [1.29, 1.82) is 0 Å². The Labute approximate surface area is 146 Å². The molecule has 2 aliphatic heterocycles. The van der Waals surface area contributed by atoms with E-state index in [0.29, 0.717) is 24.1 Å². The summed E-state index contributed by atoms with van der Waals surface area (Å²) in [5.74, 6) is 1.67. The minimum absolute atomic E-state index is 0.201. The van der Waals surface area contributed by atoms with Gasteiger partial charge in [0.15, 0.2) is 5.96 Å². The van der Waals surface area contributed by atoms with E-state index < -0.39 is 0 Å². The SMILES string of the molecule is CCN=C(NC1CCN(C2CC2)CC1)NC1C2CCOC2C1(C)C. The van der Waals surface area contributed by atoms with Crippen molar-refractivity contribution in [3.63, 3.8) is 0 Å². The number of aliphatic imine (C=N–C) groups is 1. The standard InChI is InChI=1S/C19H34N4O/c1-4-20-18(21-13-7-10-23(11-8-13)14-5-6-14)22-16-15-9-12-24-17(15)19(16,2)3/h13-17H,4-12H2,1-3H3,(H2,20,21,22). The molecule has 136 valence electrons. The normalized spacial score (nSPS) is 37.0. The molecule has 4 aliphatic rings. The topological polar surface area (TPSA) is 48.9 Å². The minimum Gasteiger partial charge on any atom is -0.377 e. The summed E-state index contributed by atoms with van der Waals surface area (Å²) >= 11 is 0. The van der Waals surface area contributed by atoms with E-state index in [2.05, 4.69) is 36.3 Å². The second-order valence-electron chi connectivity index (χ2n) is 8.70. The van der Waals surface area contributed by atoms with Crippen molar-refractivity contribution >= 4 is 5.96 Å². The first-order chi connectivity index (χ1) is 11.6. The number of nitrogens with zero attached hydrogens (tertiary/aromatic N) is 2. The molecule has 4 rings (SSSR count). The highest BCUT2D eigenvalue weighted by atomic mass is 16.5. The Morgan fingerprint density at radius 1 is 1.12 bits per heavy atom. The number of rotatable bonds is 4. The largest absolute Gasteiger partial charge is 0.377 e. The Morgan fingerprint density at radius 3 is 2.54 bits per heavy atom. The van der Waals surface area contributed by atoms with E-state index in [-0.39, 0.29) is 5.41 Å². The van der Waals surface area contributed by atoms with Crippen LogP contribution >= 0.6 is 0 Å². The second-order valence-corrected chi connectivity index (χ2v) is 8.70. The van der Waals surface area contributed by atoms with Gasteiger partial charge in [-0.2, -0.15) is 0 Å². The van der Waals surface area contributed by atoms with Crippen LogP contribution < -0.4 is 10.6 Å². The van der Waals surface area contributed by atoms with Crippen LogP contribution in [0.15, 0.2) is 4.99 Å². The molecule has 0 bridgehead atoms. The van der Waals surface area contributed by atoms with Gasteiger partial charge in [0.2, 0.25) is 0 Å². The summed E-state index contributed by atoms with van der Waals surface area (Å²) in [6.07, 6.45) is 6.94. The summed E-state index contributed by atoms with van der Waals surface area (Å²) in [5, 5.41) is 7.48. The Morgan fingerprint density at radius 2 is 1.88 bits per heavy atom. The van der Waals surface area contributed by atoms with Gasteiger partial charge in [-0.3, -0.25) is 4.99 Å². The maximum absolute atomic E-state index is 5.92. The van der Waals surface area contributed by atoms with E-state index in [1.54, 1.807) is 0 Å².